The molecule has 30 heavy (non-hydrogen) atoms. The van der Waals surface area contributed by atoms with Gasteiger partial charge in [-0.05, 0) is 57.4 Å². The molecule has 0 saturated carbocycles. The van der Waals surface area contributed by atoms with Gasteiger partial charge < -0.3 is 14.7 Å². The van der Waals surface area contributed by atoms with E-state index in [9.17, 15) is 14.7 Å². The second-order valence-electron chi connectivity index (χ2n) is 8.00. The van der Waals surface area contributed by atoms with E-state index in [1.807, 2.05) is 71.0 Å². The van der Waals surface area contributed by atoms with Crippen molar-refractivity contribution in [3.63, 3.8) is 0 Å². The number of carbonyl (C=O) groups excluding carboxylic acids is 2. The molecule has 0 aromatic heterocycles. The Hall–Kier alpha value is -3.08. The van der Waals surface area contributed by atoms with Gasteiger partial charge in [-0.3, -0.25) is 9.59 Å². The Labute approximate surface area is 178 Å². The summed E-state index contributed by atoms with van der Waals surface area (Å²) in [6.07, 6.45) is 0.625. The van der Waals surface area contributed by atoms with Crippen LogP contribution < -0.4 is 4.74 Å². The molecule has 158 valence electrons. The average Bonchev–Trinajstić information content (AvgIpc) is 2.95. The van der Waals surface area contributed by atoms with Gasteiger partial charge in [-0.2, -0.15) is 0 Å². The largest absolute Gasteiger partial charge is 0.507 e. The minimum Gasteiger partial charge on any atom is -0.507 e. The molecule has 1 saturated heterocycles. The minimum atomic E-state index is -0.693. The van der Waals surface area contributed by atoms with Crippen LogP contribution in [0.4, 0.5) is 0 Å². The highest BCUT2D eigenvalue weighted by Crippen LogP contribution is 2.43. The number of aliphatic hydroxyl groups excluding tert-OH is 1. The fourth-order valence-corrected chi connectivity index (χ4v) is 3.79. The molecule has 2 aromatic rings. The van der Waals surface area contributed by atoms with Crippen LogP contribution in [-0.2, 0) is 9.59 Å². The van der Waals surface area contributed by atoms with E-state index in [2.05, 4.69) is 0 Å². The Morgan fingerprint density at radius 2 is 1.80 bits per heavy atom. The van der Waals surface area contributed by atoms with Crippen molar-refractivity contribution < 1.29 is 19.4 Å². The molecule has 1 N–H and O–H groups in total. The van der Waals surface area contributed by atoms with Crippen LogP contribution in [0, 0.1) is 13.8 Å². The van der Waals surface area contributed by atoms with Gasteiger partial charge in [0.1, 0.15) is 11.5 Å². The van der Waals surface area contributed by atoms with Gasteiger partial charge in [-0.15, -0.1) is 0 Å². The number of para-hydroxylation sites is 1. The lowest BCUT2D eigenvalue weighted by Gasteiger charge is -2.27. The predicted molar refractivity (Wildman–Crippen MR) is 117 cm³/mol. The van der Waals surface area contributed by atoms with Gasteiger partial charge in [-0.25, -0.2) is 0 Å². The van der Waals surface area contributed by atoms with Crippen LogP contribution in [0.1, 0.15) is 55.5 Å². The Kier molecular flexibility index (Phi) is 6.30. The predicted octanol–water partition coefficient (Wildman–Crippen LogP) is 4.92. The third-order valence-electron chi connectivity index (χ3n) is 5.36. The van der Waals surface area contributed by atoms with Crippen molar-refractivity contribution in [2.24, 2.45) is 0 Å². The quantitative estimate of drug-likeness (QED) is 0.419. The summed E-state index contributed by atoms with van der Waals surface area (Å²) in [7, 11) is 0. The topological polar surface area (TPSA) is 66.8 Å². The summed E-state index contributed by atoms with van der Waals surface area (Å²) in [5.41, 5.74) is 3.42. The van der Waals surface area contributed by atoms with Gasteiger partial charge >= 0.3 is 0 Å². The van der Waals surface area contributed by atoms with Crippen molar-refractivity contribution in [1.29, 1.82) is 0 Å². The fourth-order valence-electron chi connectivity index (χ4n) is 3.79. The Bertz CT molecular complexity index is 1010. The van der Waals surface area contributed by atoms with E-state index >= 15 is 0 Å². The summed E-state index contributed by atoms with van der Waals surface area (Å²) in [5.74, 6) is -0.805. The highest BCUT2D eigenvalue weighted by molar-refractivity contribution is 6.46. The average molecular weight is 408 g/mol. The molecule has 5 nitrogen and oxygen atoms in total. The van der Waals surface area contributed by atoms with Crippen LogP contribution in [0.5, 0.6) is 5.75 Å². The number of amides is 1. The first-order chi connectivity index (χ1) is 14.3. The highest BCUT2D eigenvalue weighted by Gasteiger charge is 2.46. The molecule has 0 bridgehead atoms. The number of carbonyl (C=O) groups is 2. The van der Waals surface area contributed by atoms with Crippen molar-refractivity contribution in [3.05, 3.63) is 70.3 Å². The molecule has 1 aliphatic heterocycles. The first-order valence-corrected chi connectivity index (χ1v) is 10.4. The summed E-state index contributed by atoms with van der Waals surface area (Å²) in [5, 5.41) is 11.2. The zero-order valence-electron chi connectivity index (χ0n) is 18.2. The molecule has 3 rings (SSSR count). The molecular weight excluding hydrogens is 378 g/mol. The van der Waals surface area contributed by atoms with Crippen LogP contribution in [0.3, 0.4) is 0 Å². The van der Waals surface area contributed by atoms with E-state index in [4.69, 9.17) is 4.74 Å². The maximum absolute atomic E-state index is 13.0. The molecule has 1 heterocycles. The van der Waals surface area contributed by atoms with Crippen molar-refractivity contribution in [1.82, 2.24) is 4.90 Å². The van der Waals surface area contributed by atoms with Crippen LogP contribution in [0.2, 0.25) is 0 Å². The smallest absolute Gasteiger partial charge is 0.295 e. The number of Topliss-reactive ketones (excluding diaryl/α,β-unsaturated/α-hetero) is 1. The van der Waals surface area contributed by atoms with Gasteiger partial charge in [0.05, 0.1) is 17.7 Å². The number of rotatable bonds is 6. The summed E-state index contributed by atoms with van der Waals surface area (Å²) in [4.78, 5) is 27.4. The van der Waals surface area contributed by atoms with Gasteiger partial charge in [0.15, 0.2) is 0 Å². The number of ketones is 1. The van der Waals surface area contributed by atoms with Crippen LogP contribution in [0.15, 0.2) is 48.0 Å². The Morgan fingerprint density at radius 3 is 2.43 bits per heavy atom. The van der Waals surface area contributed by atoms with E-state index in [0.717, 1.165) is 11.1 Å². The first-order valence-electron chi connectivity index (χ1n) is 10.4. The van der Waals surface area contributed by atoms with E-state index in [-0.39, 0.29) is 17.4 Å². The monoisotopic (exact) mass is 407 g/mol. The summed E-state index contributed by atoms with van der Waals surface area (Å²) >= 11 is 0. The Balaban J connectivity index is 2.23. The third-order valence-corrected chi connectivity index (χ3v) is 5.36. The molecule has 5 heteroatoms. The second kappa shape index (κ2) is 8.74. The van der Waals surface area contributed by atoms with E-state index < -0.39 is 17.7 Å². The van der Waals surface area contributed by atoms with Crippen molar-refractivity contribution in [3.8, 4) is 5.75 Å². The molecule has 1 aliphatic rings. The number of benzene rings is 2. The third kappa shape index (κ3) is 3.97. The molecule has 1 atom stereocenters. The molecule has 2 aromatic carbocycles. The van der Waals surface area contributed by atoms with Crippen molar-refractivity contribution >= 4 is 17.4 Å². The Morgan fingerprint density at radius 1 is 1.10 bits per heavy atom. The van der Waals surface area contributed by atoms with Crippen LogP contribution >= 0.6 is 0 Å². The second-order valence-corrected chi connectivity index (χ2v) is 8.00. The molecule has 1 amide bonds. The SMILES string of the molecule is CCCN1C(=O)C(=O)/C(=C(\O)c2ccc(C)c(C)c2)C1c1ccccc1OC(C)C. The summed E-state index contributed by atoms with van der Waals surface area (Å²) < 4.78 is 5.97. The molecule has 0 radical (unpaired) electrons. The fraction of sp³-hybridized carbons (Fsp3) is 0.360. The summed E-state index contributed by atoms with van der Waals surface area (Å²) in [6.45, 7) is 10.2. The van der Waals surface area contributed by atoms with Crippen LogP contribution in [-0.4, -0.2) is 34.3 Å². The highest BCUT2D eigenvalue weighted by atomic mass is 16.5. The zero-order chi connectivity index (χ0) is 22.0. The number of aryl methyl sites for hydroxylation is 2. The number of aliphatic hydroxyl groups is 1. The number of nitrogens with zero attached hydrogens (tertiary/aromatic N) is 1. The van der Waals surface area contributed by atoms with Gasteiger partial charge in [0.25, 0.3) is 11.7 Å². The zero-order valence-corrected chi connectivity index (χ0v) is 18.2. The molecule has 0 spiro atoms. The van der Waals surface area contributed by atoms with E-state index in [0.29, 0.717) is 29.8 Å². The van der Waals surface area contributed by atoms with Gasteiger partial charge in [-0.1, -0.05) is 37.3 Å². The van der Waals surface area contributed by atoms with E-state index in [1.54, 1.807) is 6.07 Å². The first kappa shape index (κ1) is 21.6. The minimum absolute atomic E-state index is 0.0700. The number of ether oxygens (including phenoxy) is 1. The molecular formula is C25H29NO4. The number of hydrogen-bond donors (Lipinski definition) is 1. The lowest BCUT2D eigenvalue weighted by molar-refractivity contribution is -0.139. The van der Waals surface area contributed by atoms with Crippen molar-refractivity contribution in [2.75, 3.05) is 6.54 Å². The maximum atomic E-state index is 13.0. The standard InChI is InChI=1S/C25H29NO4/c1-6-13-26-22(19-9-7-8-10-20(19)30-15(2)3)21(24(28)25(26)29)23(27)18-12-11-16(4)17(5)14-18/h7-12,14-15,22,27H,6,13H2,1-5H3/b23-21-. The number of likely N-dealkylation sites (tertiary alicyclic amines) is 1. The van der Waals surface area contributed by atoms with E-state index in [1.165, 1.54) is 4.90 Å². The summed E-state index contributed by atoms with van der Waals surface area (Å²) in [6, 6.07) is 12.2. The van der Waals surface area contributed by atoms with Crippen molar-refractivity contribution in [2.45, 2.75) is 53.2 Å². The molecule has 0 aliphatic carbocycles. The number of hydrogen-bond acceptors (Lipinski definition) is 4. The van der Waals surface area contributed by atoms with Gasteiger partial charge in [0, 0.05) is 17.7 Å². The maximum Gasteiger partial charge on any atom is 0.295 e. The lowest BCUT2D eigenvalue weighted by atomic mass is 9.93. The van der Waals surface area contributed by atoms with Gasteiger partial charge in [0.2, 0.25) is 0 Å². The molecule has 1 fully saturated rings. The lowest BCUT2D eigenvalue weighted by Crippen LogP contribution is -2.30. The normalized spacial score (nSPS) is 18.3. The van der Waals surface area contributed by atoms with Crippen LogP contribution in [0.25, 0.3) is 5.76 Å². The molecule has 1 unspecified atom stereocenters.